The van der Waals surface area contributed by atoms with Gasteiger partial charge >= 0.3 is 0 Å². The second kappa shape index (κ2) is 18.3. The molecule has 0 saturated carbocycles. The Hall–Kier alpha value is -8.96. The second-order valence-corrected chi connectivity index (χ2v) is 18.4. The molecule has 6 aromatic carbocycles. The summed E-state index contributed by atoms with van der Waals surface area (Å²) >= 11 is 0. The van der Waals surface area contributed by atoms with Crippen LogP contribution in [-0.4, -0.2) is 19.9 Å². The van der Waals surface area contributed by atoms with Gasteiger partial charge in [0.15, 0.2) is 0 Å². The van der Waals surface area contributed by atoms with Gasteiger partial charge in [0.2, 0.25) is 0 Å². The fourth-order valence-electron chi connectivity index (χ4n) is 10.4. The topological polar surface area (TPSA) is 57.4 Å². The molecule has 0 atom stereocenters. The van der Waals surface area contributed by atoms with Crippen LogP contribution in [0.3, 0.4) is 0 Å². The lowest BCUT2D eigenvalue weighted by Gasteiger charge is -2.13. The molecule has 11 rings (SSSR count). The van der Waals surface area contributed by atoms with Crippen LogP contribution < -0.4 is 0 Å². The van der Waals surface area contributed by atoms with Crippen LogP contribution in [-0.2, 0) is 0 Å². The van der Waals surface area contributed by atoms with Crippen molar-refractivity contribution in [3.05, 3.63) is 236 Å². The average Bonchev–Trinajstić information content (AvgIpc) is 4.21. The number of benzene rings is 6. The van der Waals surface area contributed by atoms with E-state index in [9.17, 15) is 0 Å². The highest BCUT2D eigenvalue weighted by Crippen LogP contribution is 2.42. The molecule has 3 aromatic heterocycles. The lowest BCUT2D eigenvalue weighted by atomic mass is 9.92. The summed E-state index contributed by atoms with van der Waals surface area (Å²) in [5.74, 6) is 14.0. The largest absolute Gasteiger partial charge is 0.354 e. The van der Waals surface area contributed by atoms with Crippen molar-refractivity contribution >= 4 is 46.4 Å². The molecule has 9 aromatic rings. The smallest absolute Gasteiger partial charge is 0.0737 e. The summed E-state index contributed by atoms with van der Waals surface area (Å²) in [6.45, 7) is 13.1. The molecule has 0 unspecified atom stereocenters. The van der Waals surface area contributed by atoms with Gasteiger partial charge in [-0.25, -0.2) is 9.97 Å². The van der Waals surface area contributed by atoms with E-state index in [4.69, 9.17) is 9.97 Å². The standard InChI is InChI=1S/C66H50N4/c1-41-37-43(3)61(44(4)38-41)65-57-33-29-53(67-57)63(51-23-15-13-21-49(51)27-25-47-17-9-7-10-18-47)55-31-35-59(69-55)66(62-45(5)39-42(2)40-46(62)6)60-36-32-56(70-60)64(54-30-34-58(65)68-54)52-24-16-14-22-50(52)28-26-48-19-11-8-12-20-48/h7-24,29-40,67,70H,1-6H3. The van der Waals surface area contributed by atoms with Crippen molar-refractivity contribution < 1.29 is 0 Å². The summed E-state index contributed by atoms with van der Waals surface area (Å²) in [6.07, 6.45) is 8.67. The van der Waals surface area contributed by atoms with Gasteiger partial charge in [0.1, 0.15) is 0 Å². The molecule has 2 N–H and O–H groups in total. The maximum Gasteiger partial charge on any atom is 0.0737 e. The predicted octanol–water partition coefficient (Wildman–Crippen LogP) is 16.0. The molecule has 2 aliphatic rings. The molecule has 0 amide bonds. The highest BCUT2D eigenvalue weighted by molar-refractivity contribution is 6.02. The van der Waals surface area contributed by atoms with E-state index in [2.05, 4.69) is 197 Å². The first-order valence-corrected chi connectivity index (χ1v) is 23.8. The first kappa shape index (κ1) is 43.6. The molecule has 4 heteroatoms. The number of hydrogen-bond donors (Lipinski definition) is 2. The SMILES string of the molecule is Cc1cc(C)c(-c2c3nc(c(-c4ccccc4C#Cc4ccccc4)c4ccc([nH]4)c(-c4c(C)cc(C)cc4C)c4nc(c(-c5ccccc5C#Cc5ccccc5)c5ccc2[nH]5)C=C4)C=C3)c(C)c1. The fraction of sp³-hybridized carbons (Fsp3) is 0.0909. The average molecular weight is 899 g/mol. The van der Waals surface area contributed by atoms with Gasteiger partial charge in [-0.3, -0.25) is 0 Å². The summed E-state index contributed by atoms with van der Waals surface area (Å²) in [6, 6.07) is 55.0. The normalized spacial score (nSPS) is 11.5. The quantitative estimate of drug-likeness (QED) is 0.173. The van der Waals surface area contributed by atoms with Gasteiger partial charge in [-0.1, -0.05) is 132 Å². The second-order valence-electron chi connectivity index (χ2n) is 18.4. The zero-order valence-corrected chi connectivity index (χ0v) is 40.2. The van der Waals surface area contributed by atoms with Crippen LogP contribution in [0, 0.1) is 65.2 Å². The Labute approximate surface area is 410 Å². The Morgan fingerprint density at radius 2 is 0.629 bits per heavy atom. The van der Waals surface area contributed by atoms with Crippen molar-refractivity contribution in [3.8, 4) is 68.2 Å². The van der Waals surface area contributed by atoms with Crippen LogP contribution in [0.5, 0.6) is 0 Å². The van der Waals surface area contributed by atoms with Crippen LogP contribution in [0.1, 0.15) is 78.4 Å². The highest BCUT2D eigenvalue weighted by Gasteiger charge is 2.22. The van der Waals surface area contributed by atoms with E-state index >= 15 is 0 Å². The third kappa shape index (κ3) is 8.27. The van der Waals surface area contributed by atoms with Gasteiger partial charge in [-0.2, -0.15) is 0 Å². The van der Waals surface area contributed by atoms with E-state index in [0.29, 0.717) is 0 Å². The van der Waals surface area contributed by atoms with Crippen LogP contribution in [0.15, 0.2) is 158 Å². The van der Waals surface area contributed by atoms with Crippen molar-refractivity contribution in [2.75, 3.05) is 0 Å². The third-order valence-electron chi connectivity index (χ3n) is 13.2. The molecule has 8 bridgehead atoms. The van der Waals surface area contributed by atoms with E-state index in [1.807, 2.05) is 60.7 Å². The van der Waals surface area contributed by atoms with E-state index in [1.165, 1.54) is 33.4 Å². The van der Waals surface area contributed by atoms with Gasteiger partial charge in [-0.15, -0.1) is 0 Å². The Morgan fingerprint density at radius 3 is 1.00 bits per heavy atom. The Kier molecular flexibility index (Phi) is 11.4. The van der Waals surface area contributed by atoms with Crippen LogP contribution in [0.2, 0.25) is 0 Å². The number of rotatable bonds is 4. The van der Waals surface area contributed by atoms with Crippen molar-refractivity contribution in [1.82, 2.24) is 19.9 Å². The summed E-state index contributed by atoms with van der Waals surface area (Å²) in [7, 11) is 0. The maximum atomic E-state index is 5.65. The molecular formula is C66H50N4. The van der Waals surface area contributed by atoms with Crippen molar-refractivity contribution in [1.29, 1.82) is 0 Å². The minimum Gasteiger partial charge on any atom is -0.354 e. The molecule has 0 aliphatic carbocycles. The monoisotopic (exact) mass is 898 g/mol. The minimum atomic E-state index is 0.840. The highest BCUT2D eigenvalue weighted by atomic mass is 14.8. The summed E-state index contributed by atoms with van der Waals surface area (Å²) in [4.78, 5) is 19.2. The zero-order chi connectivity index (χ0) is 47.9. The number of H-pyrrole nitrogens is 2. The number of nitrogens with zero attached hydrogens (tertiary/aromatic N) is 2. The molecule has 5 heterocycles. The molecule has 4 nitrogen and oxygen atoms in total. The Balaban J connectivity index is 1.31. The van der Waals surface area contributed by atoms with Crippen LogP contribution in [0.4, 0.5) is 0 Å². The predicted molar refractivity (Wildman–Crippen MR) is 294 cm³/mol. The van der Waals surface area contributed by atoms with Gasteiger partial charge in [0.05, 0.1) is 22.8 Å². The molecule has 0 saturated heterocycles. The first-order valence-electron chi connectivity index (χ1n) is 23.8. The van der Waals surface area contributed by atoms with E-state index in [0.717, 1.165) is 112 Å². The number of fused-ring (bicyclic) bond motifs is 8. The molecule has 334 valence electrons. The molecular weight excluding hydrogens is 849 g/mol. The lowest BCUT2D eigenvalue weighted by Crippen LogP contribution is -1.95. The van der Waals surface area contributed by atoms with Gasteiger partial charge in [-0.05, 0) is 160 Å². The van der Waals surface area contributed by atoms with E-state index in [-0.39, 0.29) is 0 Å². The van der Waals surface area contributed by atoms with Crippen LogP contribution in [0.25, 0.3) is 90.9 Å². The zero-order valence-electron chi connectivity index (χ0n) is 40.2. The number of hydrogen-bond acceptors (Lipinski definition) is 2. The summed E-state index contributed by atoms with van der Waals surface area (Å²) in [5.41, 5.74) is 26.3. The third-order valence-corrected chi connectivity index (χ3v) is 13.2. The van der Waals surface area contributed by atoms with Gasteiger partial charge in [0, 0.05) is 77.7 Å². The number of nitrogens with one attached hydrogen (secondary N) is 2. The van der Waals surface area contributed by atoms with Gasteiger partial charge < -0.3 is 9.97 Å². The number of aromatic nitrogens is 4. The minimum absolute atomic E-state index is 0.840. The summed E-state index contributed by atoms with van der Waals surface area (Å²) in [5, 5.41) is 0. The molecule has 70 heavy (non-hydrogen) atoms. The van der Waals surface area contributed by atoms with Crippen molar-refractivity contribution in [3.63, 3.8) is 0 Å². The fourth-order valence-corrected chi connectivity index (χ4v) is 10.4. The Bertz CT molecular complexity index is 3640. The van der Waals surface area contributed by atoms with Crippen LogP contribution >= 0.6 is 0 Å². The summed E-state index contributed by atoms with van der Waals surface area (Å²) < 4.78 is 0. The van der Waals surface area contributed by atoms with E-state index < -0.39 is 0 Å². The molecule has 0 fully saturated rings. The van der Waals surface area contributed by atoms with E-state index in [1.54, 1.807) is 0 Å². The molecule has 2 aliphatic heterocycles. The number of aromatic amines is 2. The first-order chi connectivity index (χ1) is 34.2. The Morgan fingerprint density at radius 1 is 0.314 bits per heavy atom. The van der Waals surface area contributed by atoms with Crippen molar-refractivity contribution in [2.24, 2.45) is 0 Å². The maximum absolute atomic E-state index is 5.65. The lowest BCUT2D eigenvalue weighted by molar-refractivity contribution is 1.28. The molecule has 0 radical (unpaired) electrons. The number of aryl methyl sites for hydroxylation is 6. The molecule has 0 spiro atoms. The van der Waals surface area contributed by atoms with Crippen molar-refractivity contribution in [2.45, 2.75) is 41.5 Å². The van der Waals surface area contributed by atoms with Gasteiger partial charge in [0.25, 0.3) is 0 Å².